The molecule has 0 aliphatic rings. The van der Waals surface area contributed by atoms with Gasteiger partial charge in [-0.1, -0.05) is 17.7 Å². The number of benzene rings is 1. The highest BCUT2D eigenvalue weighted by atomic mass is 16.5. The van der Waals surface area contributed by atoms with Crippen LogP contribution in [0, 0.1) is 20.8 Å². The van der Waals surface area contributed by atoms with E-state index < -0.39 is 0 Å². The van der Waals surface area contributed by atoms with Crippen LogP contribution in [0.2, 0.25) is 0 Å². The molecule has 3 rings (SSSR count). The van der Waals surface area contributed by atoms with Crippen molar-refractivity contribution in [1.29, 1.82) is 0 Å². The first-order valence-corrected chi connectivity index (χ1v) is 8.31. The van der Waals surface area contributed by atoms with Crippen LogP contribution in [-0.4, -0.2) is 21.1 Å². The summed E-state index contributed by atoms with van der Waals surface area (Å²) in [5, 5.41) is 0.661. The van der Waals surface area contributed by atoms with Crippen molar-refractivity contribution in [3.63, 3.8) is 0 Å². The van der Waals surface area contributed by atoms with Gasteiger partial charge in [0.2, 0.25) is 0 Å². The number of aromatic amines is 1. The Morgan fingerprint density at radius 2 is 1.88 bits per heavy atom. The lowest BCUT2D eigenvalue weighted by molar-refractivity contribution is 0.302. The first kappa shape index (κ1) is 16.3. The van der Waals surface area contributed by atoms with Gasteiger partial charge in [-0.25, -0.2) is 4.98 Å². The molecule has 0 radical (unpaired) electrons. The first-order chi connectivity index (χ1) is 11.5. The van der Waals surface area contributed by atoms with Gasteiger partial charge in [-0.3, -0.25) is 9.36 Å². The number of H-pyrrole nitrogens is 1. The lowest BCUT2D eigenvalue weighted by atomic mass is 10.2. The van der Waals surface area contributed by atoms with Gasteiger partial charge in [0.1, 0.15) is 17.2 Å². The van der Waals surface area contributed by atoms with E-state index in [1.165, 1.54) is 5.56 Å². The zero-order chi connectivity index (χ0) is 17.1. The van der Waals surface area contributed by atoms with Gasteiger partial charge in [0.05, 0.1) is 12.0 Å². The third-order valence-electron chi connectivity index (χ3n) is 4.14. The van der Waals surface area contributed by atoms with Crippen molar-refractivity contribution in [2.24, 2.45) is 0 Å². The fourth-order valence-corrected chi connectivity index (χ4v) is 2.80. The number of nitrogens with zero attached hydrogens (tertiary/aromatic N) is 2. The van der Waals surface area contributed by atoms with E-state index in [2.05, 4.69) is 16.9 Å². The molecular weight excluding hydrogens is 302 g/mol. The van der Waals surface area contributed by atoms with Gasteiger partial charge < -0.3 is 9.72 Å². The number of nitrogens with one attached hydrogen (secondary N) is 1. The number of fused-ring (bicyclic) bond motifs is 1. The minimum absolute atomic E-state index is 0.0290. The third kappa shape index (κ3) is 3.50. The van der Waals surface area contributed by atoms with Crippen LogP contribution in [0.15, 0.2) is 35.1 Å². The molecule has 0 atom stereocenters. The van der Waals surface area contributed by atoms with Crippen LogP contribution < -0.4 is 10.3 Å². The Labute approximate surface area is 141 Å². The number of hydrogen-bond donors (Lipinski definition) is 1. The SMILES string of the molecule is Cc1ccc(OCCCCn2c(C)nc3[nH]c(C)cc3c2=O)cc1. The van der Waals surface area contributed by atoms with Crippen molar-refractivity contribution in [2.75, 3.05) is 6.61 Å². The third-order valence-corrected chi connectivity index (χ3v) is 4.14. The second-order valence-corrected chi connectivity index (χ2v) is 6.20. The minimum Gasteiger partial charge on any atom is -0.494 e. The second-order valence-electron chi connectivity index (χ2n) is 6.20. The lowest BCUT2D eigenvalue weighted by Crippen LogP contribution is -2.23. The number of hydrogen-bond acceptors (Lipinski definition) is 3. The van der Waals surface area contributed by atoms with E-state index in [-0.39, 0.29) is 5.56 Å². The molecule has 5 heteroatoms. The van der Waals surface area contributed by atoms with E-state index in [0.717, 1.165) is 30.1 Å². The summed E-state index contributed by atoms with van der Waals surface area (Å²) in [6.45, 7) is 7.18. The Bertz CT molecular complexity index is 891. The molecule has 0 saturated heterocycles. The Morgan fingerprint density at radius 1 is 1.12 bits per heavy atom. The first-order valence-electron chi connectivity index (χ1n) is 8.31. The quantitative estimate of drug-likeness (QED) is 0.706. The molecule has 0 unspecified atom stereocenters. The molecule has 24 heavy (non-hydrogen) atoms. The maximum atomic E-state index is 12.6. The van der Waals surface area contributed by atoms with Crippen molar-refractivity contribution in [1.82, 2.24) is 14.5 Å². The van der Waals surface area contributed by atoms with Crippen LogP contribution in [0.3, 0.4) is 0 Å². The van der Waals surface area contributed by atoms with Crippen LogP contribution in [-0.2, 0) is 6.54 Å². The number of ether oxygens (including phenoxy) is 1. The van der Waals surface area contributed by atoms with Gasteiger partial charge >= 0.3 is 0 Å². The molecular formula is C19H23N3O2. The van der Waals surface area contributed by atoms with Gasteiger partial charge in [0.15, 0.2) is 0 Å². The van der Waals surface area contributed by atoms with Crippen molar-refractivity contribution in [2.45, 2.75) is 40.2 Å². The van der Waals surface area contributed by atoms with Gasteiger partial charge in [-0.2, -0.15) is 0 Å². The Kier molecular flexibility index (Phi) is 4.69. The van der Waals surface area contributed by atoms with Gasteiger partial charge in [0.25, 0.3) is 5.56 Å². The van der Waals surface area contributed by atoms with E-state index in [9.17, 15) is 4.79 Å². The molecule has 3 aromatic rings. The molecule has 1 N–H and O–H groups in total. The van der Waals surface area contributed by atoms with Crippen LogP contribution in [0.4, 0.5) is 0 Å². The van der Waals surface area contributed by atoms with Gasteiger partial charge in [-0.15, -0.1) is 0 Å². The number of aromatic nitrogens is 3. The zero-order valence-corrected chi connectivity index (χ0v) is 14.4. The topological polar surface area (TPSA) is 59.9 Å². The highest BCUT2D eigenvalue weighted by Crippen LogP contribution is 2.12. The van der Waals surface area contributed by atoms with Crippen LogP contribution in [0.1, 0.15) is 29.9 Å². The smallest absolute Gasteiger partial charge is 0.263 e. The molecule has 2 heterocycles. The Morgan fingerprint density at radius 3 is 2.62 bits per heavy atom. The molecule has 1 aromatic carbocycles. The summed E-state index contributed by atoms with van der Waals surface area (Å²) in [4.78, 5) is 20.2. The van der Waals surface area contributed by atoms with Crippen molar-refractivity contribution >= 4 is 11.0 Å². The van der Waals surface area contributed by atoms with Crippen LogP contribution in [0.5, 0.6) is 5.75 Å². The summed E-state index contributed by atoms with van der Waals surface area (Å²) in [5.74, 6) is 1.63. The molecule has 0 amide bonds. The molecule has 0 saturated carbocycles. The molecule has 126 valence electrons. The monoisotopic (exact) mass is 325 g/mol. The van der Waals surface area contributed by atoms with Crippen molar-refractivity contribution in [3.8, 4) is 5.75 Å². The van der Waals surface area contributed by atoms with E-state index in [1.54, 1.807) is 4.57 Å². The minimum atomic E-state index is 0.0290. The van der Waals surface area contributed by atoms with Crippen molar-refractivity contribution < 1.29 is 4.74 Å². The highest BCUT2D eigenvalue weighted by molar-refractivity contribution is 5.75. The highest BCUT2D eigenvalue weighted by Gasteiger charge is 2.09. The summed E-state index contributed by atoms with van der Waals surface area (Å²) in [5.41, 5.74) is 2.88. The van der Waals surface area contributed by atoms with Gasteiger partial charge in [-0.05, 0) is 51.8 Å². The number of unbranched alkanes of at least 4 members (excludes halogenated alkanes) is 1. The molecule has 0 bridgehead atoms. The molecule has 0 spiro atoms. The largest absolute Gasteiger partial charge is 0.494 e. The number of rotatable bonds is 6. The lowest BCUT2D eigenvalue weighted by Gasteiger charge is -2.10. The van der Waals surface area contributed by atoms with E-state index in [4.69, 9.17) is 4.74 Å². The standard InChI is InChI=1S/C19H23N3O2/c1-13-6-8-16(9-7-13)24-11-5-4-10-22-15(3)21-18-17(19(22)23)12-14(2)20-18/h6-9,12,20H,4-5,10-11H2,1-3H3. The fraction of sp³-hybridized carbons (Fsp3) is 0.368. The molecule has 0 aliphatic heterocycles. The molecule has 2 aromatic heterocycles. The van der Waals surface area contributed by atoms with E-state index in [0.29, 0.717) is 24.2 Å². The summed E-state index contributed by atoms with van der Waals surface area (Å²) in [7, 11) is 0. The normalized spacial score (nSPS) is 11.1. The average molecular weight is 325 g/mol. The maximum Gasteiger partial charge on any atom is 0.263 e. The summed E-state index contributed by atoms with van der Waals surface area (Å²) < 4.78 is 7.48. The predicted molar refractivity (Wildman–Crippen MR) is 95.7 cm³/mol. The Balaban J connectivity index is 1.57. The van der Waals surface area contributed by atoms with Crippen LogP contribution in [0.25, 0.3) is 11.0 Å². The summed E-state index contributed by atoms with van der Waals surface area (Å²) in [6, 6.07) is 9.91. The Hall–Kier alpha value is -2.56. The van der Waals surface area contributed by atoms with Gasteiger partial charge in [0, 0.05) is 12.2 Å². The molecule has 0 fully saturated rings. The van der Waals surface area contributed by atoms with E-state index in [1.807, 2.05) is 44.2 Å². The van der Waals surface area contributed by atoms with Crippen LogP contribution >= 0.6 is 0 Å². The average Bonchev–Trinajstić information content (AvgIpc) is 2.92. The maximum absolute atomic E-state index is 12.6. The summed E-state index contributed by atoms with van der Waals surface area (Å²) >= 11 is 0. The molecule has 5 nitrogen and oxygen atoms in total. The number of aryl methyl sites for hydroxylation is 3. The van der Waals surface area contributed by atoms with E-state index >= 15 is 0 Å². The predicted octanol–water partition coefficient (Wildman–Crippen LogP) is 3.51. The fourth-order valence-electron chi connectivity index (χ4n) is 2.80. The molecule has 0 aliphatic carbocycles. The summed E-state index contributed by atoms with van der Waals surface area (Å²) in [6.07, 6.45) is 1.77. The zero-order valence-electron chi connectivity index (χ0n) is 14.4. The second kappa shape index (κ2) is 6.91. The van der Waals surface area contributed by atoms with Crippen molar-refractivity contribution in [3.05, 3.63) is 57.8 Å².